The van der Waals surface area contributed by atoms with Crippen molar-refractivity contribution in [2.24, 2.45) is 10.3 Å². The van der Waals surface area contributed by atoms with Crippen LogP contribution < -0.4 is 5.43 Å². The molecule has 0 aliphatic rings. The van der Waals surface area contributed by atoms with E-state index < -0.39 is 0 Å². The third-order valence-corrected chi connectivity index (χ3v) is 4.60. The van der Waals surface area contributed by atoms with Gasteiger partial charge in [-0.15, -0.1) is 4.91 Å². The Morgan fingerprint density at radius 1 is 1.00 bits per heavy atom. The predicted molar refractivity (Wildman–Crippen MR) is 115 cm³/mol. The summed E-state index contributed by atoms with van der Waals surface area (Å²) in [5.74, 6) is 0.836. The lowest BCUT2D eigenvalue weighted by molar-refractivity contribution is 0.627. The van der Waals surface area contributed by atoms with E-state index in [0.717, 1.165) is 27.9 Å². The van der Waals surface area contributed by atoms with Gasteiger partial charge in [0.05, 0.1) is 5.69 Å². The summed E-state index contributed by atoms with van der Waals surface area (Å²) in [7, 11) is 0. The van der Waals surface area contributed by atoms with Gasteiger partial charge in [-0.1, -0.05) is 12.1 Å². The lowest BCUT2D eigenvalue weighted by atomic mass is 10.0. The Balaban J connectivity index is 1.65. The molecule has 0 aliphatic carbocycles. The van der Waals surface area contributed by atoms with Crippen LogP contribution in [-0.2, 0) is 6.42 Å². The van der Waals surface area contributed by atoms with Gasteiger partial charge in [-0.05, 0) is 77.3 Å². The molecule has 0 saturated heterocycles. The second kappa shape index (κ2) is 8.44. The number of H-pyrrole nitrogens is 1. The highest BCUT2D eigenvalue weighted by Crippen LogP contribution is 2.27. The number of nitrogens with zero attached hydrogens (tertiary/aromatic N) is 4. The number of hydrogen-bond acceptors (Lipinski definition) is 6. The van der Waals surface area contributed by atoms with Gasteiger partial charge in [0.1, 0.15) is 11.5 Å². The predicted octanol–water partition coefficient (Wildman–Crippen LogP) is 5.29. The van der Waals surface area contributed by atoms with Crippen LogP contribution in [0.5, 0.6) is 0 Å². The summed E-state index contributed by atoms with van der Waals surface area (Å²) in [4.78, 5) is 15.1. The highest BCUT2D eigenvalue weighted by atomic mass is 19.1. The fraction of sp³-hybridized carbons (Fsp3) is 0.0455. The van der Waals surface area contributed by atoms with Crippen LogP contribution in [0.15, 0.2) is 77.0 Å². The van der Waals surface area contributed by atoms with Gasteiger partial charge in [-0.25, -0.2) is 9.37 Å². The van der Waals surface area contributed by atoms with Crippen molar-refractivity contribution in [3.8, 4) is 22.8 Å². The molecule has 1 aromatic heterocycles. The molecule has 148 valence electrons. The first kappa shape index (κ1) is 19.1. The SMILES string of the molecule is C=NNc1ccc(-c2n[nH]c(-c3ccc(N=O)cc3)n2)cc1Cc1ccc(F)cc1. The molecule has 7 nitrogen and oxygen atoms in total. The van der Waals surface area contributed by atoms with E-state index in [1.807, 2.05) is 18.2 Å². The van der Waals surface area contributed by atoms with Gasteiger partial charge in [-0.3, -0.25) is 10.5 Å². The Morgan fingerprint density at radius 2 is 1.73 bits per heavy atom. The fourth-order valence-corrected chi connectivity index (χ4v) is 3.10. The first-order valence-corrected chi connectivity index (χ1v) is 9.12. The maximum absolute atomic E-state index is 13.2. The molecule has 1 heterocycles. The van der Waals surface area contributed by atoms with Gasteiger partial charge < -0.3 is 0 Å². The standard InChI is InChI=1S/C22H17FN6O/c1-24-26-20-11-6-16(13-17(20)12-14-2-7-18(23)8-3-14)22-25-21(27-28-22)15-4-9-19(29-30)10-5-15/h2-11,13,26H,1,12H2,(H,25,27,28). The number of rotatable bonds is 7. The number of aromatic amines is 1. The van der Waals surface area contributed by atoms with Gasteiger partial charge in [0.15, 0.2) is 11.6 Å². The zero-order valence-electron chi connectivity index (χ0n) is 15.8. The van der Waals surface area contributed by atoms with E-state index in [4.69, 9.17) is 0 Å². The third-order valence-electron chi connectivity index (χ3n) is 4.60. The number of halogens is 1. The molecular weight excluding hydrogens is 383 g/mol. The van der Waals surface area contributed by atoms with Crippen LogP contribution in [0.3, 0.4) is 0 Å². The molecule has 0 fully saturated rings. The molecule has 0 unspecified atom stereocenters. The Morgan fingerprint density at radius 3 is 2.43 bits per heavy atom. The minimum atomic E-state index is -0.274. The lowest BCUT2D eigenvalue weighted by Crippen LogP contribution is -1.97. The van der Waals surface area contributed by atoms with Crippen LogP contribution >= 0.6 is 0 Å². The molecule has 2 N–H and O–H groups in total. The molecular formula is C22H17FN6O. The first-order chi connectivity index (χ1) is 14.7. The molecule has 4 aromatic rings. The third kappa shape index (κ3) is 4.12. The first-order valence-electron chi connectivity index (χ1n) is 9.12. The zero-order chi connectivity index (χ0) is 20.9. The van der Waals surface area contributed by atoms with Crippen molar-refractivity contribution in [2.75, 3.05) is 5.43 Å². The second-order valence-electron chi connectivity index (χ2n) is 6.59. The van der Waals surface area contributed by atoms with Crippen molar-refractivity contribution >= 4 is 18.1 Å². The largest absolute Gasteiger partial charge is 0.279 e. The molecule has 0 saturated carbocycles. The van der Waals surface area contributed by atoms with Gasteiger partial charge >= 0.3 is 0 Å². The number of anilines is 1. The van der Waals surface area contributed by atoms with Gasteiger partial charge in [0, 0.05) is 17.8 Å². The summed E-state index contributed by atoms with van der Waals surface area (Å²) in [6, 6.07) is 18.8. The van der Waals surface area contributed by atoms with Crippen LogP contribution in [0.4, 0.5) is 15.8 Å². The number of aromatic nitrogens is 3. The molecule has 0 amide bonds. The highest BCUT2D eigenvalue weighted by molar-refractivity contribution is 5.67. The van der Waals surface area contributed by atoms with Crippen molar-refractivity contribution in [1.29, 1.82) is 0 Å². The highest BCUT2D eigenvalue weighted by Gasteiger charge is 2.12. The van der Waals surface area contributed by atoms with E-state index in [-0.39, 0.29) is 5.82 Å². The van der Waals surface area contributed by atoms with Crippen LogP contribution in [0.1, 0.15) is 11.1 Å². The van der Waals surface area contributed by atoms with E-state index in [9.17, 15) is 9.30 Å². The summed E-state index contributed by atoms with van der Waals surface area (Å²) in [5, 5.41) is 13.9. The van der Waals surface area contributed by atoms with E-state index in [1.54, 1.807) is 36.4 Å². The molecule has 0 atom stereocenters. The number of hydrazone groups is 1. The van der Waals surface area contributed by atoms with Crippen molar-refractivity contribution < 1.29 is 4.39 Å². The fourth-order valence-electron chi connectivity index (χ4n) is 3.10. The summed E-state index contributed by atoms with van der Waals surface area (Å²) in [6.45, 7) is 3.48. The normalized spacial score (nSPS) is 10.6. The average molecular weight is 400 g/mol. The zero-order valence-corrected chi connectivity index (χ0v) is 15.8. The van der Waals surface area contributed by atoms with Gasteiger partial charge in [0.2, 0.25) is 0 Å². The van der Waals surface area contributed by atoms with Crippen molar-refractivity contribution in [3.05, 3.63) is 88.6 Å². The van der Waals surface area contributed by atoms with Crippen LogP contribution in [-0.4, -0.2) is 21.9 Å². The van der Waals surface area contributed by atoms with E-state index in [1.165, 1.54) is 12.1 Å². The molecule has 3 aromatic carbocycles. The smallest absolute Gasteiger partial charge is 0.181 e. The molecule has 0 bridgehead atoms. The Hall–Kier alpha value is -4.20. The second-order valence-corrected chi connectivity index (χ2v) is 6.59. The maximum atomic E-state index is 13.2. The van der Waals surface area contributed by atoms with Gasteiger partial charge in [-0.2, -0.15) is 10.2 Å². The Kier molecular flexibility index (Phi) is 5.38. The number of nitroso groups, excluding NO2 is 1. The van der Waals surface area contributed by atoms with E-state index in [0.29, 0.717) is 23.8 Å². The minimum absolute atomic E-state index is 0.274. The molecule has 4 rings (SSSR count). The average Bonchev–Trinajstić information content (AvgIpc) is 3.27. The number of benzene rings is 3. The maximum Gasteiger partial charge on any atom is 0.181 e. The van der Waals surface area contributed by atoms with Crippen LogP contribution in [0, 0.1) is 10.7 Å². The summed E-state index contributed by atoms with van der Waals surface area (Å²) >= 11 is 0. The number of nitrogens with one attached hydrogen (secondary N) is 2. The Labute approximate surface area is 171 Å². The monoisotopic (exact) mass is 400 g/mol. The molecule has 30 heavy (non-hydrogen) atoms. The summed E-state index contributed by atoms with van der Waals surface area (Å²) in [5.41, 5.74) is 7.54. The molecule has 8 heteroatoms. The lowest BCUT2D eigenvalue weighted by Gasteiger charge is -2.10. The quantitative estimate of drug-likeness (QED) is 0.250. The van der Waals surface area contributed by atoms with Crippen LogP contribution in [0.2, 0.25) is 0 Å². The summed E-state index contributed by atoms with van der Waals surface area (Å²) < 4.78 is 13.2. The van der Waals surface area contributed by atoms with E-state index in [2.05, 4.69) is 37.6 Å². The van der Waals surface area contributed by atoms with Crippen LogP contribution in [0.25, 0.3) is 22.8 Å². The summed E-state index contributed by atoms with van der Waals surface area (Å²) in [6.07, 6.45) is 0.573. The molecule has 0 radical (unpaired) electrons. The topological polar surface area (TPSA) is 95.4 Å². The minimum Gasteiger partial charge on any atom is -0.279 e. The molecule has 0 spiro atoms. The van der Waals surface area contributed by atoms with Crippen molar-refractivity contribution in [1.82, 2.24) is 15.2 Å². The van der Waals surface area contributed by atoms with Crippen molar-refractivity contribution in [3.63, 3.8) is 0 Å². The Bertz CT molecular complexity index is 1190. The van der Waals surface area contributed by atoms with E-state index >= 15 is 0 Å². The number of hydrogen-bond donors (Lipinski definition) is 2. The van der Waals surface area contributed by atoms with Crippen molar-refractivity contribution in [2.45, 2.75) is 6.42 Å². The van der Waals surface area contributed by atoms with Gasteiger partial charge in [0.25, 0.3) is 0 Å². The molecule has 0 aliphatic heterocycles.